The summed E-state index contributed by atoms with van der Waals surface area (Å²) in [6, 6.07) is 14.2. The zero-order chi connectivity index (χ0) is 20.9. The standard InChI is InChI=1S/C23H22ClFN4O/c24-22-12-20(25)7-6-18(22)13-26-23(30)16-28-10-8-17(9-11-28)19-14-27-29(15-19)21-4-2-1-3-5-21/h1-8,12,14-15H,9-11,13,16H2,(H,26,30). The fourth-order valence-corrected chi connectivity index (χ4v) is 3.68. The van der Waals surface area contributed by atoms with Crippen molar-refractivity contribution in [1.82, 2.24) is 20.0 Å². The lowest BCUT2D eigenvalue weighted by atomic mass is 10.0. The molecule has 4 rings (SSSR count). The molecular weight excluding hydrogens is 403 g/mol. The van der Waals surface area contributed by atoms with Crippen LogP contribution in [0.4, 0.5) is 4.39 Å². The van der Waals surface area contributed by atoms with Crippen LogP contribution < -0.4 is 5.32 Å². The van der Waals surface area contributed by atoms with Crippen LogP contribution in [-0.2, 0) is 11.3 Å². The highest BCUT2D eigenvalue weighted by Gasteiger charge is 2.17. The van der Waals surface area contributed by atoms with E-state index in [9.17, 15) is 9.18 Å². The van der Waals surface area contributed by atoms with Crippen LogP contribution in [0.5, 0.6) is 0 Å². The summed E-state index contributed by atoms with van der Waals surface area (Å²) in [4.78, 5) is 14.4. The highest BCUT2D eigenvalue weighted by atomic mass is 35.5. The van der Waals surface area contributed by atoms with Gasteiger partial charge in [0.25, 0.3) is 0 Å². The molecule has 1 amide bonds. The number of para-hydroxylation sites is 1. The highest BCUT2D eigenvalue weighted by Crippen LogP contribution is 2.23. The molecule has 0 atom stereocenters. The van der Waals surface area contributed by atoms with E-state index in [1.807, 2.05) is 47.4 Å². The molecule has 0 unspecified atom stereocenters. The van der Waals surface area contributed by atoms with Crippen LogP contribution in [0.1, 0.15) is 17.5 Å². The van der Waals surface area contributed by atoms with E-state index < -0.39 is 0 Å². The van der Waals surface area contributed by atoms with Crippen molar-refractivity contribution in [2.75, 3.05) is 19.6 Å². The van der Waals surface area contributed by atoms with E-state index >= 15 is 0 Å². The van der Waals surface area contributed by atoms with Gasteiger partial charge in [-0.2, -0.15) is 5.10 Å². The van der Waals surface area contributed by atoms with Gasteiger partial charge in [0.1, 0.15) is 5.82 Å². The first-order valence-electron chi connectivity index (χ1n) is 9.81. The number of nitrogens with one attached hydrogen (secondary N) is 1. The molecule has 0 bridgehead atoms. The Morgan fingerprint density at radius 1 is 1.20 bits per heavy atom. The van der Waals surface area contributed by atoms with Gasteiger partial charge in [0.05, 0.1) is 18.4 Å². The number of rotatable bonds is 6. The van der Waals surface area contributed by atoms with Crippen LogP contribution in [0.25, 0.3) is 11.3 Å². The first kappa shape index (κ1) is 20.3. The van der Waals surface area contributed by atoms with E-state index in [0.717, 1.165) is 24.2 Å². The summed E-state index contributed by atoms with van der Waals surface area (Å²) in [6.45, 7) is 2.10. The Bertz CT molecular complexity index is 1060. The molecule has 1 aliphatic rings. The van der Waals surface area contributed by atoms with Crippen molar-refractivity contribution in [3.63, 3.8) is 0 Å². The van der Waals surface area contributed by atoms with E-state index in [-0.39, 0.29) is 18.3 Å². The number of nitrogens with zero attached hydrogens (tertiary/aromatic N) is 3. The van der Waals surface area contributed by atoms with Gasteiger partial charge >= 0.3 is 0 Å². The Labute approximate surface area is 179 Å². The molecule has 1 aromatic heterocycles. The van der Waals surface area contributed by atoms with E-state index in [4.69, 9.17) is 11.6 Å². The van der Waals surface area contributed by atoms with Crippen molar-refractivity contribution in [2.24, 2.45) is 0 Å². The number of carbonyl (C=O) groups is 1. The number of aromatic nitrogens is 2. The molecule has 30 heavy (non-hydrogen) atoms. The van der Waals surface area contributed by atoms with Crippen LogP contribution in [0.2, 0.25) is 5.02 Å². The van der Waals surface area contributed by atoms with Crippen molar-refractivity contribution in [1.29, 1.82) is 0 Å². The molecule has 0 fully saturated rings. The molecule has 154 valence electrons. The van der Waals surface area contributed by atoms with Crippen molar-refractivity contribution in [2.45, 2.75) is 13.0 Å². The second-order valence-corrected chi connectivity index (χ2v) is 7.64. The van der Waals surface area contributed by atoms with Crippen LogP contribution in [0, 0.1) is 5.82 Å². The monoisotopic (exact) mass is 424 g/mol. The molecule has 0 saturated carbocycles. The van der Waals surface area contributed by atoms with Crippen LogP contribution in [0.15, 0.2) is 67.0 Å². The molecule has 0 spiro atoms. The maximum atomic E-state index is 13.1. The van der Waals surface area contributed by atoms with Crippen LogP contribution in [-0.4, -0.2) is 40.2 Å². The fourth-order valence-electron chi connectivity index (χ4n) is 3.45. The summed E-state index contributed by atoms with van der Waals surface area (Å²) in [7, 11) is 0. The second-order valence-electron chi connectivity index (χ2n) is 7.24. The van der Waals surface area contributed by atoms with Crippen molar-refractivity contribution in [3.8, 4) is 5.69 Å². The van der Waals surface area contributed by atoms with Gasteiger partial charge in [-0.3, -0.25) is 9.69 Å². The topological polar surface area (TPSA) is 50.2 Å². The molecule has 5 nitrogen and oxygen atoms in total. The average molecular weight is 425 g/mol. The first-order chi connectivity index (χ1) is 14.6. The molecule has 1 N–H and O–H groups in total. The fraction of sp³-hybridized carbons (Fsp3) is 0.217. The lowest BCUT2D eigenvalue weighted by molar-refractivity contribution is -0.122. The van der Waals surface area contributed by atoms with Gasteiger partial charge in [-0.1, -0.05) is 41.9 Å². The minimum absolute atomic E-state index is 0.0795. The molecule has 2 heterocycles. The Morgan fingerprint density at radius 2 is 2.03 bits per heavy atom. The zero-order valence-electron chi connectivity index (χ0n) is 16.4. The van der Waals surface area contributed by atoms with Crippen LogP contribution in [0.3, 0.4) is 0 Å². The van der Waals surface area contributed by atoms with Crippen molar-refractivity contribution in [3.05, 3.63) is 89.0 Å². The van der Waals surface area contributed by atoms with E-state index in [1.165, 1.54) is 17.7 Å². The van der Waals surface area contributed by atoms with Crippen LogP contribution >= 0.6 is 11.6 Å². The van der Waals surface area contributed by atoms with E-state index in [2.05, 4.69) is 21.4 Å². The molecule has 1 aliphatic heterocycles. The second kappa shape index (κ2) is 9.24. The molecule has 0 aliphatic carbocycles. The quantitative estimate of drug-likeness (QED) is 0.649. The Balaban J connectivity index is 1.29. The summed E-state index contributed by atoms with van der Waals surface area (Å²) in [5.41, 5.74) is 4.07. The largest absolute Gasteiger partial charge is 0.351 e. The molecule has 0 saturated heterocycles. The van der Waals surface area contributed by atoms with E-state index in [1.54, 1.807) is 6.07 Å². The minimum Gasteiger partial charge on any atom is -0.351 e. The van der Waals surface area contributed by atoms with Crippen molar-refractivity contribution >= 4 is 23.1 Å². The zero-order valence-corrected chi connectivity index (χ0v) is 17.1. The Hall–Kier alpha value is -2.96. The summed E-state index contributed by atoms with van der Waals surface area (Å²) in [5, 5.41) is 7.62. The predicted octanol–water partition coefficient (Wildman–Crippen LogP) is 4.07. The third kappa shape index (κ3) is 4.96. The smallest absolute Gasteiger partial charge is 0.234 e. The van der Waals surface area contributed by atoms with Crippen molar-refractivity contribution < 1.29 is 9.18 Å². The normalized spacial score (nSPS) is 14.4. The van der Waals surface area contributed by atoms with Gasteiger partial charge in [-0.25, -0.2) is 9.07 Å². The van der Waals surface area contributed by atoms with Gasteiger partial charge in [0, 0.05) is 36.4 Å². The number of halogens is 2. The lowest BCUT2D eigenvalue weighted by Gasteiger charge is -2.25. The van der Waals surface area contributed by atoms with E-state index in [0.29, 0.717) is 23.7 Å². The summed E-state index contributed by atoms with van der Waals surface area (Å²) >= 11 is 6.00. The third-order valence-corrected chi connectivity index (χ3v) is 5.48. The molecule has 7 heteroatoms. The van der Waals surface area contributed by atoms with Gasteiger partial charge in [-0.15, -0.1) is 0 Å². The van der Waals surface area contributed by atoms with Gasteiger partial charge in [0.2, 0.25) is 5.91 Å². The predicted molar refractivity (Wildman–Crippen MR) is 116 cm³/mol. The SMILES string of the molecule is O=C(CN1CC=C(c2cnn(-c3ccccc3)c2)CC1)NCc1ccc(F)cc1Cl. The number of benzene rings is 2. The first-order valence-corrected chi connectivity index (χ1v) is 10.2. The minimum atomic E-state index is -0.389. The molecular formula is C23H22ClFN4O. The van der Waals surface area contributed by atoms with Gasteiger partial charge in [-0.05, 0) is 41.8 Å². The molecule has 0 radical (unpaired) electrons. The highest BCUT2D eigenvalue weighted by molar-refractivity contribution is 6.31. The van der Waals surface area contributed by atoms with Gasteiger partial charge < -0.3 is 5.32 Å². The molecule has 3 aromatic rings. The van der Waals surface area contributed by atoms with Gasteiger partial charge in [0.15, 0.2) is 0 Å². The Kier molecular flexibility index (Phi) is 6.26. The summed E-state index contributed by atoms with van der Waals surface area (Å²) in [6.07, 6.45) is 6.93. The Morgan fingerprint density at radius 3 is 2.77 bits per heavy atom. The number of hydrogen-bond donors (Lipinski definition) is 1. The molecule has 2 aromatic carbocycles. The maximum absolute atomic E-state index is 13.1. The number of amides is 1. The lowest BCUT2D eigenvalue weighted by Crippen LogP contribution is -2.39. The summed E-state index contributed by atoms with van der Waals surface area (Å²) < 4.78 is 15.0. The maximum Gasteiger partial charge on any atom is 0.234 e. The number of hydrogen-bond acceptors (Lipinski definition) is 3. The number of carbonyl (C=O) groups excluding carboxylic acids is 1. The third-order valence-electron chi connectivity index (χ3n) is 5.13. The average Bonchev–Trinajstić information content (AvgIpc) is 3.25. The summed E-state index contributed by atoms with van der Waals surface area (Å²) in [5.74, 6) is -0.468.